The fourth-order valence-corrected chi connectivity index (χ4v) is 1.30. The van der Waals surface area contributed by atoms with Crippen LogP contribution in [0.15, 0.2) is 12.7 Å². The van der Waals surface area contributed by atoms with Gasteiger partial charge in [0.05, 0.1) is 12.9 Å². The molecule has 0 saturated heterocycles. The van der Waals surface area contributed by atoms with Gasteiger partial charge in [0.2, 0.25) is 0 Å². The van der Waals surface area contributed by atoms with Crippen LogP contribution in [-0.2, 0) is 11.8 Å². The molecule has 18 heavy (non-hydrogen) atoms. The molecule has 2 aromatic rings. The van der Waals surface area contributed by atoms with Crippen LogP contribution in [0.3, 0.4) is 0 Å². The summed E-state index contributed by atoms with van der Waals surface area (Å²) in [5, 5.41) is 2.51. The van der Waals surface area contributed by atoms with Crippen molar-refractivity contribution in [3.8, 4) is 0 Å². The van der Waals surface area contributed by atoms with Crippen molar-refractivity contribution in [1.29, 1.82) is 0 Å². The van der Waals surface area contributed by atoms with Crippen LogP contribution >= 0.6 is 0 Å². The van der Waals surface area contributed by atoms with Gasteiger partial charge < -0.3 is 9.30 Å². The van der Waals surface area contributed by atoms with Crippen LogP contribution in [0.4, 0.5) is 10.6 Å². The molecule has 1 amide bonds. The smallest absolute Gasteiger partial charge is 0.412 e. The molecule has 0 unspecified atom stereocenters. The lowest BCUT2D eigenvalue weighted by Gasteiger charge is -2.04. The van der Waals surface area contributed by atoms with Gasteiger partial charge in [0.1, 0.15) is 6.33 Å². The number of nitrogens with one attached hydrogen (secondary N) is 1. The Morgan fingerprint density at radius 2 is 2.11 bits per heavy atom. The van der Waals surface area contributed by atoms with Crippen LogP contribution in [0.1, 0.15) is 20.8 Å². The summed E-state index contributed by atoms with van der Waals surface area (Å²) in [7, 11) is 1.82. The number of aryl methyl sites for hydroxylation is 1. The predicted molar refractivity (Wildman–Crippen MR) is 68.3 cm³/mol. The van der Waals surface area contributed by atoms with Crippen LogP contribution in [0.5, 0.6) is 0 Å². The standard InChI is InChI=1S/C9H11N5O2.C2H6/c1-3-16-9(15)13-7-6-8(11-4-10-7)14(2)5-12-6;1-2/h4-5H,3H2,1-2H3,(H,10,11,13,15);1-2H3. The van der Waals surface area contributed by atoms with Crippen molar-refractivity contribution in [3.63, 3.8) is 0 Å². The lowest BCUT2D eigenvalue weighted by molar-refractivity contribution is 0.168. The van der Waals surface area contributed by atoms with Crippen LogP contribution in [0.25, 0.3) is 11.2 Å². The summed E-state index contributed by atoms with van der Waals surface area (Å²) in [6.07, 6.45) is 2.43. The van der Waals surface area contributed by atoms with E-state index in [1.165, 1.54) is 6.33 Å². The Hall–Kier alpha value is -2.18. The number of carbonyl (C=O) groups excluding carboxylic acids is 1. The van der Waals surface area contributed by atoms with Gasteiger partial charge in [0.25, 0.3) is 0 Å². The van der Waals surface area contributed by atoms with Gasteiger partial charge in [-0.2, -0.15) is 0 Å². The average Bonchev–Trinajstić information content (AvgIpc) is 2.75. The molecule has 0 aliphatic heterocycles. The molecule has 0 aliphatic carbocycles. The second-order valence-corrected chi connectivity index (χ2v) is 3.10. The summed E-state index contributed by atoms with van der Waals surface area (Å²) in [5.41, 5.74) is 1.19. The minimum Gasteiger partial charge on any atom is -0.450 e. The third-order valence-corrected chi connectivity index (χ3v) is 1.99. The van der Waals surface area contributed by atoms with Crippen LogP contribution in [0, 0.1) is 0 Å². The molecule has 0 fully saturated rings. The Balaban J connectivity index is 0.000000771. The predicted octanol–water partition coefficient (Wildman–Crippen LogP) is 1.96. The third-order valence-electron chi connectivity index (χ3n) is 1.99. The van der Waals surface area contributed by atoms with E-state index in [1.807, 2.05) is 20.9 Å². The van der Waals surface area contributed by atoms with Crippen molar-refractivity contribution in [3.05, 3.63) is 12.7 Å². The number of fused-ring (bicyclic) bond motifs is 1. The minimum atomic E-state index is -0.548. The highest BCUT2D eigenvalue weighted by Gasteiger charge is 2.11. The molecule has 0 radical (unpaired) electrons. The Kier molecular flexibility index (Phi) is 5.04. The number of amides is 1. The van der Waals surface area contributed by atoms with Gasteiger partial charge in [-0.15, -0.1) is 0 Å². The van der Waals surface area contributed by atoms with Crippen LogP contribution in [0.2, 0.25) is 0 Å². The van der Waals surface area contributed by atoms with Crippen molar-refractivity contribution in [2.24, 2.45) is 7.05 Å². The monoisotopic (exact) mass is 251 g/mol. The highest BCUT2D eigenvalue weighted by Crippen LogP contribution is 2.16. The van der Waals surface area contributed by atoms with Gasteiger partial charge in [-0.3, -0.25) is 5.32 Å². The van der Waals surface area contributed by atoms with E-state index < -0.39 is 6.09 Å². The van der Waals surface area contributed by atoms with Crippen molar-refractivity contribution in [2.75, 3.05) is 11.9 Å². The number of anilines is 1. The van der Waals surface area contributed by atoms with E-state index in [0.29, 0.717) is 23.6 Å². The summed E-state index contributed by atoms with van der Waals surface area (Å²) in [6, 6.07) is 0. The summed E-state index contributed by atoms with van der Waals surface area (Å²) >= 11 is 0. The number of imidazole rings is 1. The first kappa shape index (κ1) is 13.9. The van der Waals surface area contributed by atoms with Gasteiger partial charge in [-0.05, 0) is 6.92 Å². The number of carbonyl (C=O) groups is 1. The zero-order valence-corrected chi connectivity index (χ0v) is 11.0. The molecule has 0 aromatic carbocycles. The van der Waals surface area contributed by atoms with E-state index >= 15 is 0 Å². The molecule has 0 atom stereocenters. The molecule has 2 rings (SSSR count). The number of hydrogen-bond acceptors (Lipinski definition) is 5. The second kappa shape index (κ2) is 6.53. The molecular formula is C11H17N5O2. The maximum atomic E-state index is 11.2. The zero-order valence-electron chi connectivity index (χ0n) is 11.0. The summed E-state index contributed by atoms with van der Waals surface area (Å²) in [4.78, 5) is 23.3. The number of ether oxygens (including phenoxy) is 1. The maximum Gasteiger partial charge on any atom is 0.412 e. The van der Waals surface area contributed by atoms with E-state index in [9.17, 15) is 4.79 Å². The summed E-state index contributed by atoms with van der Waals surface area (Å²) in [6.45, 7) is 6.04. The van der Waals surface area contributed by atoms with E-state index in [1.54, 1.807) is 17.8 Å². The van der Waals surface area contributed by atoms with Crippen LogP contribution in [-0.4, -0.2) is 32.2 Å². The fraction of sp³-hybridized carbons (Fsp3) is 0.455. The number of nitrogens with zero attached hydrogens (tertiary/aromatic N) is 4. The average molecular weight is 251 g/mol. The normalized spacial score (nSPS) is 9.56. The molecule has 0 bridgehead atoms. The van der Waals surface area contributed by atoms with E-state index in [4.69, 9.17) is 4.74 Å². The van der Waals surface area contributed by atoms with Gasteiger partial charge in [-0.25, -0.2) is 19.7 Å². The first-order valence-corrected chi connectivity index (χ1v) is 5.78. The topological polar surface area (TPSA) is 81.9 Å². The Morgan fingerprint density at radius 1 is 1.39 bits per heavy atom. The molecule has 0 saturated carbocycles. The second-order valence-electron chi connectivity index (χ2n) is 3.10. The lowest BCUT2D eigenvalue weighted by Crippen LogP contribution is -2.14. The quantitative estimate of drug-likeness (QED) is 0.882. The first-order valence-electron chi connectivity index (χ1n) is 5.78. The van der Waals surface area contributed by atoms with Gasteiger partial charge >= 0.3 is 6.09 Å². The summed E-state index contributed by atoms with van der Waals surface area (Å²) < 4.78 is 6.50. The molecule has 0 spiro atoms. The van der Waals surface area contributed by atoms with Gasteiger partial charge in [-0.1, -0.05) is 13.8 Å². The first-order chi connectivity index (χ1) is 8.72. The van der Waals surface area contributed by atoms with Gasteiger partial charge in [0.15, 0.2) is 17.0 Å². The minimum absolute atomic E-state index is 0.308. The number of hydrogen-bond donors (Lipinski definition) is 1. The highest BCUT2D eigenvalue weighted by atomic mass is 16.5. The summed E-state index contributed by atoms with van der Waals surface area (Å²) in [5.74, 6) is 0.351. The largest absolute Gasteiger partial charge is 0.450 e. The van der Waals surface area contributed by atoms with Crippen LogP contribution < -0.4 is 5.32 Å². The molecule has 7 heteroatoms. The SMILES string of the molecule is CC.CCOC(=O)Nc1ncnc2c1ncn2C. The Morgan fingerprint density at radius 3 is 2.78 bits per heavy atom. The van der Waals surface area contributed by atoms with Crippen molar-refractivity contribution in [2.45, 2.75) is 20.8 Å². The maximum absolute atomic E-state index is 11.2. The van der Waals surface area contributed by atoms with E-state index in [2.05, 4.69) is 20.3 Å². The van der Waals surface area contributed by atoms with Crippen molar-refractivity contribution >= 4 is 23.1 Å². The molecule has 2 aromatic heterocycles. The molecule has 2 heterocycles. The Bertz CT molecular complexity index is 523. The van der Waals surface area contributed by atoms with E-state index in [0.717, 1.165) is 0 Å². The Labute approximate surface area is 105 Å². The van der Waals surface area contributed by atoms with Gasteiger partial charge in [0, 0.05) is 7.05 Å². The highest BCUT2D eigenvalue weighted by molar-refractivity contribution is 5.93. The third kappa shape index (κ3) is 2.93. The van der Waals surface area contributed by atoms with E-state index in [-0.39, 0.29) is 0 Å². The lowest BCUT2D eigenvalue weighted by atomic mass is 10.5. The number of aromatic nitrogens is 4. The molecule has 98 valence electrons. The zero-order chi connectivity index (χ0) is 13.5. The fourth-order valence-electron chi connectivity index (χ4n) is 1.30. The molecular weight excluding hydrogens is 234 g/mol. The molecule has 0 aliphatic rings. The van der Waals surface area contributed by atoms with Crippen molar-refractivity contribution in [1.82, 2.24) is 19.5 Å². The van der Waals surface area contributed by atoms with Crippen molar-refractivity contribution < 1.29 is 9.53 Å². The molecule has 7 nitrogen and oxygen atoms in total. The molecule has 1 N–H and O–H groups in total. The number of rotatable bonds is 2.